The molecule has 5 aromatic heterocycles. The average molecular weight is 1300 g/mol. The number of rotatable bonds is 11. The van der Waals surface area contributed by atoms with E-state index in [1.165, 1.54) is 16.5 Å². The average Bonchev–Trinajstić information content (AvgIpc) is 1.37. The highest BCUT2D eigenvalue weighted by Crippen LogP contribution is 2.53. The number of hydrogen-bond donors (Lipinski definition) is 0. The second kappa shape index (κ2) is 23.6. The summed E-state index contributed by atoms with van der Waals surface area (Å²) in [5, 5.41) is 21.9. The summed E-state index contributed by atoms with van der Waals surface area (Å²) in [4.78, 5) is 16.8. The molecule has 0 N–H and O–H groups in total. The van der Waals surface area contributed by atoms with Gasteiger partial charge >= 0.3 is 0 Å². The zero-order valence-electron chi connectivity index (χ0n) is 55.1. The number of fused-ring (bicyclic) bond motifs is 12. The van der Waals surface area contributed by atoms with Crippen molar-refractivity contribution in [1.82, 2.24) is 33.2 Å². The van der Waals surface area contributed by atoms with Crippen molar-refractivity contribution < 1.29 is 0 Å². The first kappa shape index (κ1) is 58.2. The first-order chi connectivity index (χ1) is 50.6. The number of hydrogen-bond acceptors (Lipinski definition) is 4. The molecule has 0 unspecified atom stereocenters. The van der Waals surface area contributed by atoms with E-state index in [0.29, 0.717) is 34.3 Å². The molecular weight excluding hydrogens is 1240 g/mol. The third kappa shape index (κ3) is 9.19. The molecule has 8 nitrogen and oxygen atoms in total. The van der Waals surface area contributed by atoms with Gasteiger partial charge < -0.3 is 18.3 Å². The molecule has 8 heteroatoms. The van der Waals surface area contributed by atoms with Crippen LogP contribution in [-0.4, -0.2) is 33.2 Å². The molecule has 102 heavy (non-hydrogen) atoms. The fourth-order valence-electron chi connectivity index (χ4n) is 16.0. The second-order valence-corrected chi connectivity index (χ2v) is 26.1. The second-order valence-electron chi connectivity index (χ2n) is 26.1. The fraction of sp³-hybridized carbons (Fsp3) is 0. The molecule has 0 aliphatic rings. The van der Waals surface area contributed by atoms with E-state index >= 15 is 0 Å². The minimum atomic E-state index is 0.400. The van der Waals surface area contributed by atoms with Crippen LogP contribution in [0.3, 0.4) is 0 Å². The van der Waals surface area contributed by atoms with Crippen LogP contribution >= 0.6 is 0 Å². The van der Waals surface area contributed by atoms with Crippen molar-refractivity contribution >= 4 is 87.2 Å². The highest BCUT2D eigenvalue weighted by atomic mass is 15.1. The predicted octanol–water partition coefficient (Wildman–Crippen LogP) is 23.8. The van der Waals surface area contributed by atoms with Gasteiger partial charge in [0.25, 0.3) is 0 Å². The zero-order valence-corrected chi connectivity index (χ0v) is 55.1. The number of nitrogens with zero attached hydrogens (tertiary/aromatic N) is 8. The lowest BCUT2D eigenvalue weighted by Gasteiger charge is -2.27. The van der Waals surface area contributed by atoms with Crippen LogP contribution in [0.5, 0.6) is 0 Å². The Morgan fingerprint density at radius 1 is 0.206 bits per heavy atom. The van der Waals surface area contributed by atoms with E-state index < -0.39 is 0 Å². The van der Waals surface area contributed by atoms with Crippen molar-refractivity contribution in [3.63, 3.8) is 0 Å². The lowest BCUT2D eigenvalue weighted by atomic mass is 9.85. The number of nitriles is 1. The Balaban J connectivity index is 0.944. The summed E-state index contributed by atoms with van der Waals surface area (Å²) in [6, 6.07) is 128. The summed E-state index contributed by atoms with van der Waals surface area (Å²) in [5.41, 5.74) is 22.2. The summed E-state index contributed by atoms with van der Waals surface area (Å²) in [5.74, 6) is 1.39. The van der Waals surface area contributed by atoms with Crippen molar-refractivity contribution in [1.29, 1.82) is 5.26 Å². The summed E-state index contributed by atoms with van der Waals surface area (Å²) in [7, 11) is 0. The van der Waals surface area contributed by atoms with Crippen molar-refractivity contribution in [2.75, 3.05) is 0 Å². The van der Waals surface area contributed by atoms with Crippen LogP contribution in [0, 0.1) is 11.3 Å². The molecule has 0 atom stereocenters. The molecule has 0 saturated heterocycles. The summed E-state index contributed by atoms with van der Waals surface area (Å²) >= 11 is 0. The van der Waals surface area contributed by atoms with Gasteiger partial charge in [0.2, 0.25) is 0 Å². The van der Waals surface area contributed by atoms with Crippen LogP contribution in [-0.2, 0) is 0 Å². The lowest BCUT2D eigenvalue weighted by molar-refractivity contribution is 1.06. The van der Waals surface area contributed by atoms with Gasteiger partial charge in [-0.3, -0.25) is 0 Å². The first-order valence-electron chi connectivity index (χ1n) is 34.5. The van der Waals surface area contributed by atoms with Crippen molar-refractivity contribution in [3.8, 4) is 107 Å². The van der Waals surface area contributed by atoms with Crippen LogP contribution in [0.15, 0.2) is 352 Å². The number of aromatic nitrogens is 7. The lowest BCUT2D eigenvalue weighted by Crippen LogP contribution is -2.12. The molecule has 474 valence electrons. The molecule has 20 aromatic rings. The third-order valence-electron chi connectivity index (χ3n) is 20.5. The van der Waals surface area contributed by atoms with E-state index in [1.54, 1.807) is 0 Å². The maximum Gasteiger partial charge on any atom is 0.166 e. The topological polar surface area (TPSA) is 82.2 Å². The molecule has 0 spiro atoms. The Bertz CT molecular complexity index is 6610. The van der Waals surface area contributed by atoms with Gasteiger partial charge in [0.05, 0.1) is 66.6 Å². The van der Waals surface area contributed by atoms with Gasteiger partial charge in [0.1, 0.15) is 6.07 Å². The Morgan fingerprint density at radius 3 is 0.863 bits per heavy atom. The SMILES string of the molecule is N#Cc1c(-c2ccc(-n3c4ccccc4c4cc(-c5ccccc5)ccc43)cc2)c(-n2c3ccccc3c3ccccc32)c(-c2ccc(-n3c4ccccc4c4cc(-c5ccccc5)ccc43)cc2)c(-c2nc(-c3ccccc3)nc(-c3ccccc3)n2)c1-n1c2ccccc2c2ccccc21. The molecule has 15 aromatic carbocycles. The van der Waals surface area contributed by atoms with E-state index in [4.69, 9.17) is 15.0 Å². The van der Waals surface area contributed by atoms with Gasteiger partial charge in [-0.05, 0) is 118 Å². The molecule has 0 aliphatic heterocycles. The molecule has 0 amide bonds. The predicted molar refractivity (Wildman–Crippen MR) is 420 cm³/mol. The van der Waals surface area contributed by atoms with Crippen LogP contribution < -0.4 is 0 Å². The molecule has 5 heterocycles. The third-order valence-corrected chi connectivity index (χ3v) is 20.5. The molecule has 0 radical (unpaired) electrons. The first-order valence-corrected chi connectivity index (χ1v) is 34.5. The van der Waals surface area contributed by atoms with Crippen LogP contribution in [0.25, 0.3) is 189 Å². The van der Waals surface area contributed by atoms with E-state index in [9.17, 15) is 5.26 Å². The minimum absolute atomic E-state index is 0.400. The van der Waals surface area contributed by atoms with E-state index in [1.807, 2.05) is 36.4 Å². The molecule has 0 bridgehead atoms. The largest absolute Gasteiger partial charge is 0.309 e. The Hall–Kier alpha value is -14.0. The Kier molecular flexibility index (Phi) is 13.5. The van der Waals surface area contributed by atoms with Crippen molar-refractivity contribution in [2.45, 2.75) is 0 Å². The van der Waals surface area contributed by atoms with Crippen molar-refractivity contribution in [3.05, 3.63) is 357 Å². The van der Waals surface area contributed by atoms with E-state index in [0.717, 1.165) is 143 Å². The quantitative estimate of drug-likeness (QED) is 0.129. The van der Waals surface area contributed by atoms with Gasteiger partial charge in [-0.2, -0.15) is 5.26 Å². The maximum absolute atomic E-state index is 13.1. The van der Waals surface area contributed by atoms with Crippen LogP contribution in [0.4, 0.5) is 0 Å². The molecule has 0 fully saturated rings. The van der Waals surface area contributed by atoms with Crippen LogP contribution in [0.2, 0.25) is 0 Å². The van der Waals surface area contributed by atoms with E-state index in [2.05, 4.69) is 340 Å². The smallest absolute Gasteiger partial charge is 0.166 e. The van der Waals surface area contributed by atoms with Gasteiger partial charge in [0, 0.05) is 76.7 Å². The number of para-hydroxylation sites is 6. The van der Waals surface area contributed by atoms with Gasteiger partial charge in [-0.1, -0.05) is 267 Å². The number of benzene rings is 15. The van der Waals surface area contributed by atoms with Gasteiger partial charge in [-0.15, -0.1) is 0 Å². The summed E-state index contributed by atoms with van der Waals surface area (Å²) in [6.07, 6.45) is 0. The minimum Gasteiger partial charge on any atom is -0.309 e. The monoisotopic (exact) mass is 1300 g/mol. The van der Waals surface area contributed by atoms with Gasteiger partial charge in [0.15, 0.2) is 17.5 Å². The normalized spacial score (nSPS) is 11.7. The molecule has 0 aliphatic carbocycles. The molecular formula is C94H58N8. The Labute approximate surface area is 587 Å². The Morgan fingerprint density at radius 2 is 0.490 bits per heavy atom. The van der Waals surface area contributed by atoms with Gasteiger partial charge in [-0.25, -0.2) is 15.0 Å². The standard InChI is InChI=1S/C94H58N8/c95-59-78-87(62-45-51-68(52-46-62)99-79-39-19-17-37-74(79)76-57-66(49-55-85(76)99)60-25-5-1-6-26-60)91(102-83-43-23-15-35-72(83)73-36-16-24-44-84(73)102)88(63-47-53-69(54-48-63)100-80-40-20-18-38-75(80)77-58-67(50-56-86(77)100)61-27-7-2-8-28-61)89(90(78)101-81-41-21-13-33-70(81)71-34-14-22-42-82(71)101)94-97-92(64-29-9-3-10-30-64)96-93(98-94)65-31-11-4-12-32-65/h1-58H. The fourth-order valence-corrected chi connectivity index (χ4v) is 16.0. The maximum atomic E-state index is 13.1. The highest BCUT2D eigenvalue weighted by molar-refractivity contribution is 6.16. The molecule has 20 rings (SSSR count). The summed E-state index contributed by atoms with van der Waals surface area (Å²) in [6.45, 7) is 0. The highest BCUT2D eigenvalue weighted by Gasteiger charge is 2.34. The zero-order chi connectivity index (χ0) is 67.4. The van der Waals surface area contributed by atoms with Crippen LogP contribution in [0.1, 0.15) is 5.56 Å². The van der Waals surface area contributed by atoms with E-state index in [-0.39, 0.29) is 0 Å². The van der Waals surface area contributed by atoms with Crippen molar-refractivity contribution in [2.24, 2.45) is 0 Å². The summed E-state index contributed by atoms with van der Waals surface area (Å²) < 4.78 is 9.47. The molecule has 0 saturated carbocycles.